The maximum Gasteiger partial charge on any atom is 0.416 e. The lowest BCUT2D eigenvalue weighted by atomic mass is 9.94. The summed E-state index contributed by atoms with van der Waals surface area (Å²) in [7, 11) is 0. The normalized spacial score (nSPS) is 14.3. The lowest BCUT2D eigenvalue weighted by Crippen LogP contribution is -2.38. The van der Waals surface area contributed by atoms with Crippen molar-refractivity contribution in [2.45, 2.75) is 37.9 Å². The molecular weight excluding hydrogens is 539 g/mol. The van der Waals surface area contributed by atoms with Crippen LogP contribution >= 0.6 is 11.3 Å². The second-order valence-electron chi connectivity index (χ2n) is 9.67. The number of nitrogens with one attached hydrogen (secondary N) is 1. The van der Waals surface area contributed by atoms with E-state index < -0.39 is 11.7 Å². The molecule has 0 atom stereocenters. The van der Waals surface area contributed by atoms with Crippen LogP contribution in [0.5, 0.6) is 0 Å². The van der Waals surface area contributed by atoms with Gasteiger partial charge in [0, 0.05) is 55.4 Å². The number of likely N-dealkylation sites (tertiary alicyclic amines) is 1. The van der Waals surface area contributed by atoms with Crippen LogP contribution in [-0.2, 0) is 12.7 Å². The second kappa shape index (κ2) is 12.0. The number of halogens is 3. The van der Waals surface area contributed by atoms with Crippen LogP contribution in [-0.4, -0.2) is 50.9 Å². The van der Waals surface area contributed by atoms with Crippen molar-refractivity contribution in [2.24, 2.45) is 0 Å². The van der Waals surface area contributed by atoms with Crippen molar-refractivity contribution < 1.29 is 22.8 Å². The zero-order valence-electron chi connectivity index (χ0n) is 21.6. The molecule has 5 rings (SSSR count). The fourth-order valence-corrected chi connectivity index (χ4v) is 5.78. The van der Waals surface area contributed by atoms with E-state index in [1.165, 1.54) is 23.5 Å². The largest absolute Gasteiger partial charge is 0.416 e. The van der Waals surface area contributed by atoms with Crippen molar-refractivity contribution in [1.82, 2.24) is 24.8 Å². The number of imidazole rings is 1. The van der Waals surface area contributed by atoms with Gasteiger partial charge in [0.2, 0.25) is 0 Å². The average Bonchev–Trinajstić information content (AvgIpc) is 3.68. The third-order valence-corrected chi connectivity index (χ3v) is 8.01. The molecule has 3 heterocycles. The number of carbonyl (C=O) groups is 2. The number of hydrogen-bond donors (Lipinski definition) is 1. The summed E-state index contributed by atoms with van der Waals surface area (Å²) >= 11 is 1.46. The van der Waals surface area contributed by atoms with Crippen molar-refractivity contribution in [3.63, 3.8) is 0 Å². The first-order chi connectivity index (χ1) is 19.3. The lowest BCUT2D eigenvalue weighted by molar-refractivity contribution is -0.137. The lowest BCUT2D eigenvalue weighted by Gasteiger charge is -2.31. The third-order valence-electron chi connectivity index (χ3n) is 7.00. The van der Waals surface area contributed by atoms with Gasteiger partial charge in [-0.1, -0.05) is 30.3 Å². The zero-order chi connectivity index (χ0) is 28.1. The van der Waals surface area contributed by atoms with E-state index in [0.717, 1.165) is 30.1 Å². The first kappa shape index (κ1) is 27.6. The molecule has 1 saturated heterocycles. The summed E-state index contributed by atoms with van der Waals surface area (Å²) in [4.78, 5) is 36.3. The number of carbonyl (C=O) groups excluding carboxylic acids is 2. The van der Waals surface area contributed by atoms with Gasteiger partial charge in [-0.25, -0.2) is 9.97 Å². The van der Waals surface area contributed by atoms with E-state index >= 15 is 0 Å². The summed E-state index contributed by atoms with van der Waals surface area (Å²) < 4.78 is 40.9. The molecule has 0 spiro atoms. The van der Waals surface area contributed by atoms with Crippen LogP contribution in [0, 0.1) is 0 Å². The Hall–Kier alpha value is -3.99. The monoisotopic (exact) mass is 567 g/mol. The molecule has 2 amide bonds. The van der Waals surface area contributed by atoms with E-state index in [9.17, 15) is 22.8 Å². The number of rotatable bonds is 8. The first-order valence-corrected chi connectivity index (χ1v) is 13.9. The minimum absolute atomic E-state index is 0.149. The van der Waals surface area contributed by atoms with Gasteiger partial charge < -0.3 is 14.8 Å². The Morgan fingerprint density at radius 3 is 2.50 bits per heavy atom. The molecule has 1 aliphatic rings. The summed E-state index contributed by atoms with van der Waals surface area (Å²) in [6.07, 6.45) is 3.14. The SMILES string of the molecule is O=C(NCCCn1ccnc1)c1csc(C2CCN(C(=O)c3ccccc3-c3ccc(C(F)(F)F)cc3)CC2)n1. The van der Waals surface area contributed by atoms with E-state index in [4.69, 9.17) is 0 Å². The predicted octanol–water partition coefficient (Wildman–Crippen LogP) is 5.87. The fourth-order valence-electron chi connectivity index (χ4n) is 4.81. The van der Waals surface area contributed by atoms with Crippen molar-refractivity contribution >= 4 is 23.2 Å². The van der Waals surface area contributed by atoms with E-state index in [-0.39, 0.29) is 17.7 Å². The molecule has 2 aromatic heterocycles. The van der Waals surface area contributed by atoms with Gasteiger partial charge in [-0.05, 0) is 48.6 Å². The highest BCUT2D eigenvalue weighted by molar-refractivity contribution is 7.09. The van der Waals surface area contributed by atoms with E-state index in [2.05, 4.69) is 15.3 Å². The molecule has 0 bridgehead atoms. The summed E-state index contributed by atoms with van der Waals surface area (Å²) in [6.45, 7) is 2.37. The number of thiazole rings is 1. The molecule has 1 aliphatic heterocycles. The highest BCUT2D eigenvalue weighted by Gasteiger charge is 2.31. The summed E-state index contributed by atoms with van der Waals surface area (Å²) in [5.41, 5.74) is 1.30. The fraction of sp³-hybridized carbons (Fsp3) is 0.310. The summed E-state index contributed by atoms with van der Waals surface area (Å²) in [6, 6.07) is 11.9. The minimum atomic E-state index is -4.42. The van der Waals surface area contributed by atoms with Gasteiger partial charge in [0.25, 0.3) is 11.8 Å². The molecule has 40 heavy (non-hydrogen) atoms. The molecule has 11 heteroatoms. The van der Waals surface area contributed by atoms with Crippen molar-refractivity contribution in [3.05, 3.63) is 94.5 Å². The number of aromatic nitrogens is 3. The van der Waals surface area contributed by atoms with Crippen molar-refractivity contribution in [3.8, 4) is 11.1 Å². The van der Waals surface area contributed by atoms with Gasteiger partial charge in [-0.2, -0.15) is 13.2 Å². The van der Waals surface area contributed by atoms with Crippen LogP contribution in [0.2, 0.25) is 0 Å². The molecule has 208 valence electrons. The van der Waals surface area contributed by atoms with Gasteiger partial charge in [-0.3, -0.25) is 9.59 Å². The molecule has 1 fully saturated rings. The highest BCUT2D eigenvalue weighted by Crippen LogP contribution is 2.34. The van der Waals surface area contributed by atoms with E-state index in [1.807, 2.05) is 10.8 Å². The minimum Gasteiger partial charge on any atom is -0.351 e. The number of hydrogen-bond acceptors (Lipinski definition) is 5. The first-order valence-electron chi connectivity index (χ1n) is 13.0. The Kier molecular flexibility index (Phi) is 8.29. The van der Waals surface area contributed by atoms with Crippen LogP contribution in [0.3, 0.4) is 0 Å². The van der Waals surface area contributed by atoms with Crippen LogP contribution in [0.1, 0.15) is 56.6 Å². The van der Waals surface area contributed by atoms with Crippen LogP contribution in [0.15, 0.2) is 72.6 Å². The molecule has 0 aliphatic carbocycles. The highest BCUT2D eigenvalue weighted by atomic mass is 32.1. The molecule has 1 N–H and O–H groups in total. The van der Waals surface area contributed by atoms with Gasteiger partial charge in [0.05, 0.1) is 16.9 Å². The Morgan fingerprint density at radius 2 is 1.80 bits per heavy atom. The molecule has 4 aromatic rings. The average molecular weight is 568 g/mol. The number of aryl methyl sites for hydroxylation is 1. The van der Waals surface area contributed by atoms with Crippen LogP contribution < -0.4 is 5.32 Å². The van der Waals surface area contributed by atoms with E-state index in [0.29, 0.717) is 54.9 Å². The maximum absolute atomic E-state index is 13.4. The Bertz CT molecular complexity index is 1440. The number of amides is 2. The number of alkyl halides is 3. The van der Waals surface area contributed by atoms with Crippen LogP contribution in [0.25, 0.3) is 11.1 Å². The van der Waals surface area contributed by atoms with Crippen molar-refractivity contribution in [2.75, 3.05) is 19.6 Å². The van der Waals surface area contributed by atoms with Gasteiger partial charge in [0.1, 0.15) is 5.69 Å². The molecule has 7 nitrogen and oxygen atoms in total. The molecular formula is C29H28F3N5O2S. The van der Waals surface area contributed by atoms with Gasteiger partial charge in [0.15, 0.2) is 0 Å². The molecule has 0 radical (unpaired) electrons. The number of nitrogens with zero attached hydrogens (tertiary/aromatic N) is 4. The third kappa shape index (κ3) is 6.41. The standard InChI is InChI=1S/C29H28F3N5O2S/c30-29(31,32)22-8-6-20(7-9-22)23-4-1-2-5-24(23)28(39)37-15-10-21(11-16-37)27-35-25(18-40-27)26(38)34-12-3-14-36-17-13-33-19-36/h1-2,4-9,13,17-19,21H,3,10-12,14-16H2,(H,34,38). The quantitative estimate of drug-likeness (QED) is 0.270. The molecule has 0 saturated carbocycles. The van der Waals surface area contributed by atoms with Gasteiger partial charge in [-0.15, -0.1) is 11.3 Å². The summed E-state index contributed by atoms with van der Waals surface area (Å²) in [5, 5.41) is 5.58. The predicted molar refractivity (Wildman–Crippen MR) is 146 cm³/mol. The Labute approximate surface area is 233 Å². The Morgan fingerprint density at radius 1 is 1.05 bits per heavy atom. The topological polar surface area (TPSA) is 80.1 Å². The number of benzene rings is 2. The van der Waals surface area contributed by atoms with E-state index in [1.54, 1.807) is 47.1 Å². The summed E-state index contributed by atoms with van der Waals surface area (Å²) in [5.74, 6) is -0.188. The van der Waals surface area contributed by atoms with Crippen LogP contribution in [0.4, 0.5) is 13.2 Å². The Balaban J connectivity index is 1.16. The second-order valence-corrected chi connectivity index (χ2v) is 10.6. The maximum atomic E-state index is 13.4. The number of piperidine rings is 1. The zero-order valence-corrected chi connectivity index (χ0v) is 22.4. The molecule has 0 unspecified atom stereocenters. The smallest absolute Gasteiger partial charge is 0.351 e. The molecule has 2 aromatic carbocycles. The van der Waals surface area contributed by atoms with Gasteiger partial charge >= 0.3 is 6.18 Å². The van der Waals surface area contributed by atoms with Crippen molar-refractivity contribution in [1.29, 1.82) is 0 Å².